The Labute approximate surface area is 236 Å². The lowest BCUT2D eigenvalue weighted by molar-refractivity contribution is -0.127. The molecule has 0 bridgehead atoms. The van der Waals surface area contributed by atoms with E-state index in [2.05, 4.69) is 21.3 Å². The molecule has 0 saturated heterocycles. The van der Waals surface area contributed by atoms with Gasteiger partial charge < -0.3 is 54.4 Å². The first-order valence-corrected chi connectivity index (χ1v) is 13.5. The third-order valence-electron chi connectivity index (χ3n) is 4.84. The van der Waals surface area contributed by atoms with Gasteiger partial charge in [-0.05, 0) is 0 Å². The lowest BCUT2D eigenvalue weighted by Crippen LogP contribution is -2.32. The van der Waals surface area contributed by atoms with Crippen LogP contribution in [0.1, 0.15) is 19.3 Å². The molecule has 4 amide bonds. The molecule has 0 fully saturated rings. The van der Waals surface area contributed by atoms with Gasteiger partial charge in [-0.25, -0.2) is 0 Å². The number of ether oxygens (including phenoxy) is 7. The van der Waals surface area contributed by atoms with E-state index in [0.29, 0.717) is 85.6 Å². The Kier molecular flexibility index (Phi) is 27.8. The van der Waals surface area contributed by atoms with Crippen molar-refractivity contribution in [2.75, 3.05) is 120 Å². The highest BCUT2D eigenvalue weighted by Gasteiger charge is 2.03. The molecule has 0 spiro atoms. The fourth-order valence-electron chi connectivity index (χ4n) is 2.66. The molecule has 0 aliphatic heterocycles. The van der Waals surface area contributed by atoms with Crippen molar-refractivity contribution in [3.8, 4) is 0 Å². The van der Waals surface area contributed by atoms with E-state index < -0.39 is 0 Å². The van der Waals surface area contributed by atoms with Gasteiger partial charge in [0.2, 0.25) is 23.6 Å². The van der Waals surface area contributed by atoms with Crippen LogP contribution in [0, 0.1) is 0 Å². The van der Waals surface area contributed by atoms with Gasteiger partial charge in [-0.3, -0.25) is 19.2 Å². The Morgan fingerprint density at radius 2 is 0.725 bits per heavy atom. The Balaban J connectivity index is 3.29. The average Bonchev–Trinajstić information content (AvgIpc) is 2.95. The normalized spacial score (nSPS) is 10.8. The average molecular weight is 581 g/mol. The van der Waals surface area contributed by atoms with Crippen LogP contribution in [0.15, 0.2) is 0 Å². The van der Waals surface area contributed by atoms with Crippen molar-refractivity contribution in [1.29, 1.82) is 0 Å². The second-order valence-electron chi connectivity index (χ2n) is 8.02. The maximum Gasteiger partial charge on any atom is 0.246 e. The van der Waals surface area contributed by atoms with E-state index in [1.165, 1.54) is 0 Å². The van der Waals surface area contributed by atoms with Gasteiger partial charge in [-0.2, -0.15) is 0 Å². The van der Waals surface area contributed by atoms with Crippen LogP contribution in [0.5, 0.6) is 0 Å². The van der Waals surface area contributed by atoms with E-state index in [4.69, 9.17) is 33.2 Å². The number of hydrogen-bond acceptors (Lipinski definition) is 11. The topological polar surface area (TPSA) is 181 Å². The zero-order valence-electron chi connectivity index (χ0n) is 23.9. The maximum absolute atomic E-state index is 11.8. The number of hydrogen-bond donors (Lipinski definition) is 4. The highest BCUT2D eigenvalue weighted by molar-refractivity contribution is 5.77. The van der Waals surface area contributed by atoms with Crippen molar-refractivity contribution in [2.24, 2.45) is 0 Å². The van der Waals surface area contributed by atoms with Crippen LogP contribution < -0.4 is 21.3 Å². The number of rotatable bonds is 29. The van der Waals surface area contributed by atoms with Crippen molar-refractivity contribution >= 4 is 23.6 Å². The van der Waals surface area contributed by atoms with E-state index in [1.54, 1.807) is 14.1 Å². The molecule has 0 heterocycles. The highest BCUT2D eigenvalue weighted by Crippen LogP contribution is 1.87. The summed E-state index contributed by atoms with van der Waals surface area (Å²) in [7, 11) is 3.15. The minimum absolute atomic E-state index is 0.0554. The molecule has 0 atom stereocenters. The molecule has 0 aromatic heterocycles. The number of nitrogens with one attached hydrogen (secondary N) is 4. The molecular weight excluding hydrogens is 532 g/mol. The third kappa shape index (κ3) is 28.6. The molecule has 15 nitrogen and oxygen atoms in total. The van der Waals surface area contributed by atoms with Crippen molar-refractivity contribution in [1.82, 2.24) is 21.3 Å². The lowest BCUT2D eigenvalue weighted by Gasteiger charge is -2.09. The highest BCUT2D eigenvalue weighted by atomic mass is 16.6. The largest absolute Gasteiger partial charge is 0.379 e. The lowest BCUT2D eigenvalue weighted by atomic mass is 10.4. The zero-order valence-corrected chi connectivity index (χ0v) is 23.9. The van der Waals surface area contributed by atoms with E-state index in [9.17, 15) is 19.2 Å². The summed E-state index contributed by atoms with van der Waals surface area (Å²) in [5, 5.41) is 10.4. The second kappa shape index (κ2) is 29.6. The van der Waals surface area contributed by atoms with Gasteiger partial charge in [0.15, 0.2) is 0 Å². The van der Waals surface area contributed by atoms with Crippen molar-refractivity contribution in [3.05, 3.63) is 0 Å². The van der Waals surface area contributed by atoms with Crippen molar-refractivity contribution < 1.29 is 52.3 Å². The predicted octanol–water partition coefficient (Wildman–Crippen LogP) is -2.00. The molecule has 40 heavy (non-hydrogen) atoms. The minimum Gasteiger partial charge on any atom is -0.379 e. The molecule has 0 aromatic rings. The number of carbonyl (C=O) groups excluding carboxylic acids is 4. The summed E-state index contributed by atoms with van der Waals surface area (Å²) in [5.41, 5.74) is 0. The van der Waals surface area contributed by atoms with Crippen LogP contribution in [0.4, 0.5) is 0 Å². The molecule has 15 heteroatoms. The van der Waals surface area contributed by atoms with Crippen LogP contribution in [0.25, 0.3) is 0 Å². The summed E-state index contributed by atoms with van der Waals surface area (Å²) < 4.78 is 37.1. The molecule has 0 aromatic carbocycles. The number of amides is 4. The van der Waals surface area contributed by atoms with Crippen LogP contribution >= 0.6 is 0 Å². The van der Waals surface area contributed by atoms with Gasteiger partial charge in [-0.1, -0.05) is 0 Å². The third-order valence-corrected chi connectivity index (χ3v) is 4.84. The first-order chi connectivity index (χ1) is 19.5. The monoisotopic (exact) mass is 580 g/mol. The zero-order chi connectivity index (χ0) is 29.5. The first kappa shape index (κ1) is 37.6. The standard InChI is InChI=1S/C25H48N4O11/c1-26-22(30)3-8-35-13-15-38-17-18-39-16-14-37-12-6-28-24(32)5-10-34-11-7-29-25(33)21-40-20-19-36-9-4-23(31)27-2/h3-21H2,1-2H3,(H,26,30)(H,27,31)(H,28,32)(H,29,33). The van der Waals surface area contributed by atoms with Crippen LogP contribution in [-0.2, 0) is 52.3 Å². The Morgan fingerprint density at radius 1 is 0.400 bits per heavy atom. The molecule has 0 aliphatic carbocycles. The predicted molar refractivity (Wildman–Crippen MR) is 144 cm³/mol. The summed E-state index contributed by atoms with van der Waals surface area (Å²) >= 11 is 0. The molecule has 0 unspecified atom stereocenters. The fraction of sp³-hybridized carbons (Fsp3) is 0.840. The SMILES string of the molecule is CNC(=O)CCOCCOCCOCCOCCNC(=O)CCOCCNC(=O)COCCOCCC(=O)NC. The van der Waals surface area contributed by atoms with Gasteiger partial charge >= 0.3 is 0 Å². The van der Waals surface area contributed by atoms with Crippen molar-refractivity contribution in [2.45, 2.75) is 19.3 Å². The Bertz CT molecular complexity index is 656. The maximum atomic E-state index is 11.8. The summed E-state index contributed by atoms with van der Waals surface area (Å²) in [4.78, 5) is 45.4. The molecule has 4 N–H and O–H groups in total. The minimum atomic E-state index is -0.275. The van der Waals surface area contributed by atoms with E-state index in [-0.39, 0.29) is 62.9 Å². The second-order valence-corrected chi connectivity index (χ2v) is 8.02. The molecule has 0 aliphatic rings. The smallest absolute Gasteiger partial charge is 0.246 e. The summed E-state index contributed by atoms with van der Waals surface area (Å²) in [6.45, 7) is 5.28. The fourth-order valence-corrected chi connectivity index (χ4v) is 2.66. The van der Waals surface area contributed by atoms with Gasteiger partial charge in [0.1, 0.15) is 6.61 Å². The van der Waals surface area contributed by atoms with E-state index >= 15 is 0 Å². The Hall–Kier alpha value is -2.40. The van der Waals surface area contributed by atoms with Gasteiger partial charge in [-0.15, -0.1) is 0 Å². The molecule has 234 valence electrons. The van der Waals surface area contributed by atoms with E-state index in [0.717, 1.165) is 0 Å². The van der Waals surface area contributed by atoms with Gasteiger partial charge in [0.25, 0.3) is 0 Å². The van der Waals surface area contributed by atoms with Crippen LogP contribution in [-0.4, -0.2) is 143 Å². The first-order valence-electron chi connectivity index (χ1n) is 13.5. The van der Waals surface area contributed by atoms with Gasteiger partial charge in [0, 0.05) is 46.4 Å². The molecule has 0 rings (SSSR count). The van der Waals surface area contributed by atoms with Gasteiger partial charge in [0.05, 0.1) is 85.9 Å². The van der Waals surface area contributed by atoms with E-state index in [1.807, 2.05) is 0 Å². The molecular formula is C25H48N4O11. The Morgan fingerprint density at radius 3 is 1.18 bits per heavy atom. The summed E-state index contributed by atoms with van der Waals surface area (Å²) in [6, 6.07) is 0. The quantitative estimate of drug-likeness (QED) is 0.0719. The molecule has 0 saturated carbocycles. The molecule has 0 radical (unpaired) electrons. The van der Waals surface area contributed by atoms with Crippen LogP contribution in [0.2, 0.25) is 0 Å². The van der Waals surface area contributed by atoms with Crippen molar-refractivity contribution in [3.63, 3.8) is 0 Å². The van der Waals surface area contributed by atoms with Crippen LogP contribution in [0.3, 0.4) is 0 Å². The number of carbonyl (C=O) groups is 4. The summed E-state index contributed by atoms with van der Waals surface area (Å²) in [6.07, 6.45) is 0.824. The summed E-state index contributed by atoms with van der Waals surface area (Å²) in [5.74, 6) is -0.575.